The first-order valence-electron chi connectivity index (χ1n) is 6.86. The molecule has 5 nitrogen and oxygen atoms in total. The fourth-order valence-corrected chi connectivity index (χ4v) is 3.77. The highest BCUT2D eigenvalue weighted by Gasteiger charge is 2.56. The van der Waals surface area contributed by atoms with Gasteiger partial charge >= 0.3 is 5.97 Å². The Kier molecular flexibility index (Phi) is 3.99. The minimum Gasteiger partial charge on any atom is -0.480 e. The Morgan fingerprint density at radius 3 is 2.89 bits per heavy atom. The third-order valence-electron chi connectivity index (χ3n) is 4.71. The zero-order valence-electron chi connectivity index (χ0n) is 10.9. The van der Waals surface area contributed by atoms with Crippen molar-refractivity contribution in [2.75, 3.05) is 13.1 Å². The number of carboxylic acid groups (broad SMARTS) is 1. The zero-order chi connectivity index (χ0) is 13.3. The molecule has 1 aliphatic carbocycles. The Balaban J connectivity index is 2.04. The second kappa shape index (κ2) is 5.19. The molecule has 0 bridgehead atoms. The summed E-state index contributed by atoms with van der Waals surface area (Å²) in [4.78, 5) is 11.5. The highest BCUT2D eigenvalue weighted by Crippen LogP contribution is 2.47. The molecule has 102 valence electrons. The molecule has 1 aliphatic heterocycles. The Labute approximate surface area is 108 Å². The molecular formula is C12H23BN2O3. The molecule has 6 heteroatoms. The molecule has 2 aliphatic rings. The molecule has 1 heterocycles. The van der Waals surface area contributed by atoms with E-state index in [2.05, 4.69) is 5.32 Å². The molecule has 0 aromatic heterocycles. The number of carboxylic acids is 1. The van der Waals surface area contributed by atoms with Crippen LogP contribution in [0.3, 0.4) is 0 Å². The van der Waals surface area contributed by atoms with Crippen molar-refractivity contribution in [2.45, 2.75) is 37.9 Å². The minimum absolute atomic E-state index is 0.0359. The largest absolute Gasteiger partial charge is 0.480 e. The topological polar surface area (TPSA) is 95.6 Å². The van der Waals surface area contributed by atoms with E-state index in [-0.39, 0.29) is 12.8 Å². The Bertz CT molecular complexity index is 326. The molecule has 0 aromatic rings. The molecule has 0 radical (unpaired) electrons. The Morgan fingerprint density at radius 1 is 1.56 bits per heavy atom. The summed E-state index contributed by atoms with van der Waals surface area (Å²) in [6.45, 7) is 3.22. The lowest BCUT2D eigenvalue weighted by Crippen LogP contribution is -2.53. The van der Waals surface area contributed by atoms with E-state index in [1.54, 1.807) is 6.82 Å². The summed E-state index contributed by atoms with van der Waals surface area (Å²) in [6, 6.07) is 0. The normalized spacial score (nSPS) is 38.7. The predicted molar refractivity (Wildman–Crippen MR) is 70.4 cm³/mol. The molecule has 0 aromatic carbocycles. The summed E-state index contributed by atoms with van der Waals surface area (Å²) < 4.78 is 0. The summed E-state index contributed by atoms with van der Waals surface area (Å²) in [5, 5.41) is 22.0. The van der Waals surface area contributed by atoms with E-state index >= 15 is 0 Å². The van der Waals surface area contributed by atoms with E-state index in [1.165, 1.54) is 0 Å². The summed E-state index contributed by atoms with van der Waals surface area (Å²) >= 11 is 0. The first-order valence-corrected chi connectivity index (χ1v) is 6.86. The van der Waals surface area contributed by atoms with Gasteiger partial charge in [0.25, 0.3) is 6.92 Å². The van der Waals surface area contributed by atoms with Gasteiger partial charge in [0, 0.05) is 0 Å². The van der Waals surface area contributed by atoms with Gasteiger partial charge in [0.2, 0.25) is 0 Å². The molecule has 5 N–H and O–H groups in total. The highest BCUT2D eigenvalue weighted by atomic mass is 16.4. The summed E-state index contributed by atoms with van der Waals surface area (Å²) in [7, 11) is 0. The number of hydrogen-bond acceptors (Lipinski definition) is 4. The standard InChI is InChI=1S/C12H23BN2O3/c1-13(18)4-2-3-10-9-7-15-6-8(9)5-12(10,14)11(16)17/h8-10,15,18H,2-7,14H2,1H3,(H,16,17). The number of hydrogen-bond donors (Lipinski definition) is 4. The van der Waals surface area contributed by atoms with E-state index in [4.69, 9.17) is 5.73 Å². The first kappa shape index (κ1) is 13.8. The fourth-order valence-electron chi connectivity index (χ4n) is 3.77. The van der Waals surface area contributed by atoms with Crippen molar-refractivity contribution in [1.29, 1.82) is 0 Å². The van der Waals surface area contributed by atoms with Crippen molar-refractivity contribution in [2.24, 2.45) is 23.5 Å². The predicted octanol–water partition coefficient (Wildman–Crippen LogP) is 0.0178. The summed E-state index contributed by atoms with van der Waals surface area (Å²) in [6.07, 6.45) is 2.95. The van der Waals surface area contributed by atoms with Gasteiger partial charge < -0.3 is 21.2 Å². The number of nitrogens with one attached hydrogen (secondary N) is 1. The number of fused-ring (bicyclic) bond motifs is 1. The van der Waals surface area contributed by atoms with Crippen LogP contribution in [0.25, 0.3) is 0 Å². The second-order valence-corrected chi connectivity index (χ2v) is 6.02. The molecule has 4 atom stereocenters. The van der Waals surface area contributed by atoms with Gasteiger partial charge in [0.05, 0.1) is 0 Å². The van der Waals surface area contributed by atoms with Crippen LogP contribution in [0.2, 0.25) is 13.1 Å². The van der Waals surface area contributed by atoms with Gasteiger partial charge in [-0.1, -0.05) is 13.2 Å². The van der Waals surface area contributed by atoms with Gasteiger partial charge in [-0.15, -0.1) is 0 Å². The van der Waals surface area contributed by atoms with Crippen LogP contribution in [0.5, 0.6) is 0 Å². The molecule has 1 saturated heterocycles. The van der Waals surface area contributed by atoms with Gasteiger partial charge in [0.15, 0.2) is 0 Å². The van der Waals surface area contributed by atoms with Gasteiger partial charge in [-0.25, -0.2) is 0 Å². The van der Waals surface area contributed by atoms with Gasteiger partial charge in [0.1, 0.15) is 5.54 Å². The number of nitrogens with two attached hydrogens (primary N) is 1. The fraction of sp³-hybridized carbons (Fsp3) is 0.917. The van der Waals surface area contributed by atoms with Crippen LogP contribution in [0.4, 0.5) is 0 Å². The van der Waals surface area contributed by atoms with Crippen molar-refractivity contribution in [3.63, 3.8) is 0 Å². The van der Waals surface area contributed by atoms with Crippen molar-refractivity contribution >= 4 is 12.9 Å². The average Bonchev–Trinajstić information content (AvgIpc) is 2.79. The van der Waals surface area contributed by atoms with Crippen LogP contribution in [-0.4, -0.2) is 41.6 Å². The third kappa shape index (κ3) is 2.42. The van der Waals surface area contributed by atoms with Crippen LogP contribution in [0.15, 0.2) is 0 Å². The highest BCUT2D eigenvalue weighted by molar-refractivity contribution is 6.48. The van der Waals surface area contributed by atoms with Gasteiger partial charge in [-0.05, 0) is 50.0 Å². The monoisotopic (exact) mass is 254 g/mol. The van der Waals surface area contributed by atoms with Crippen molar-refractivity contribution in [1.82, 2.24) is 5.32 Å². The van der Waals surface area contributed by atoms with Crippen molar-refractivity contribution < 1.29 is 14.9 Å². The molecule has 18 heavy (non-hydrogen) atoms. The van der Waals surface area contributed by atoms with E-state index in [0.29, 0.717) is 18.3 Å². The van der Waals surface area contributed by atoms with E-state index < -0.39 is 11.5 Å². The van der Waals surface area contributed by atoms with E-state index in [9.17, 15) is 14.9 Å². The number of carbonyl (C=O) groups is 1. The van der Waals surface area contributed by atoms with E-state index in [1.807, 2.05) is 0 Å². The Morgan fingerprint density at radius 2 is 2.28 bits per heavy atom. The van der Waals surface area contributed by atoms with Crippen molar-refractivity contribution in [3.05, 3.63) is 0 Å². The lowest BCUT2D eigenvalue weighted by molar-refractivity contribution is -0.145. The van der Waals surface area contributed by atoms with Crippen LogP contribution in [0, 0.1) is 17.8 Å². The first-order chi connectivity index (χ1) is 8.45. The summed E-state index contributed by atoms with van der Waals surface area (Å²) in [5.41, 5.74) is 5.10. The van der Waals surface area contributed by atoms with Crippen LogP contribution < -0.4 is 11.1 Å². The average molecular weight is 254 g/mol. The molecular weight excluding hydrogens is 231 g/mol. The molecule has 4 unspecified atom stereocenters. The molecule has 0 spiro atoms. The number of aliphatic carboxylic acids is 1. The van der Waals surface area contributed by atoms with Crippen LogP contribution >= 0.6 is 0 Å². The third-order valence-corrected chi connectivity index (χ3v) is 4.71. The second-order valence-electron chi connectivity index (χ2n) is 6.02. The molecule has 1 saturated carbocycles. The zero-order valence-corrected chi connectivity index (χ0v) is 10.9. The molecule has 2 rings (SSSR count). The quantitative estimate of drug-likeness (QED) is 0.519. The maximum Gasteiger partial charge on any atom is 0.323 e. The van der Waals surface area contributed by atoms with E-state index in [0.717, 1.165) is 32.3 Å². The van der Waals surface area contributed by atoms with Crippen LogP contribution in [-0.2, 0) is 4.79 Å². The summed E-state index contributed by atoms with van der Waals surface area (Å²) in [5.74, 6) is -0.0320. The molecule has 0 amide bonds. The molecule has 2 fully saturated rings. The minimum atomic E-state index is -1.06. The Hall–Kier alpha value is -0.585. The lowest BCUT2D eigenvalue weighted by atomic mass is 9.65. The smallest absolute Gasteiger partial charge is 0.323 e. The van der Waals surface area contributed by atoms with Gasteiger partial charge in [-0.3, -0.25) is 4.79 Å². The van der Waals surface area contributed by atoms with Crippen LogP contribution in [0.1, 0.15) is 19.3 Å². The maximum absolute atomic E-state index is 11.5. The SMILES string of the molecule is CB(O)CCCC1C2CNCC2CC1(N)C(=O)O. The number of rotatable bonds is 5. The van der Waals surface area contributed by atoms with Crippen molar-refractivity contribution in [3.8, 4) is 0 Å². The lowest BCUT2D eigenvalue weighted by Gasteiger charge is -2.30. The maximum atomic E-state index is 11.5. The van der Waals surface area contributed by atoms with Gasteiger partial charge in [-0.2, -0.15) is 0 Å².